The zero-order chi connectivity index (χ0) is 15.0. The summed E-state index contributed by atoms with van der Waals surface area (Å²) in [4.78, 5) is 0. The molecule has 1 aliphatic rings. The third kappa shape index (κ3) is 3.15. The monoisotopic (exact) mass is 626 g/mol. The molecule has 0 unspecified atom stereocenters. The van der Waals surface area contributed by atoms with Crippen LogP contribution in [-0.4, -0.2) is 24.7 Å². The lowest BCUT2D eigenvalue weighted by Crippen LogP contribution is -2.53. The van der Waals surface area contributed by atoms with E-state index in [4.69, 9.17) is 9.47 Å². The molecular formula is C14H14Br2I2O2. The highest BCUT2D eigenvalue weighted by molar-refractivity contribution is 14.2. The standard InChI is InChI=1S/C14H14Br2I2O2/c1-19-14(20-2)8-11(10-6-4-3-5-7-10)12(17,18)9-13(14,15)16/h3-8H,9H2,1-2H3. The van der Waals surface area contributed by atoms with Gasteiger partial charge in [-0.2, -0.15) is 0 Å². The van der Waals surface area contributed by atoms with E-state index in [0.29, 0.717) is 0 Å². The lowest BCUT2D eigenvalue weighted by Gasteiger charge is -2.47. The Morgan fingerprint density at radius 3 is 2.10 bits per heavy atom. The minimum Gasteiger partial charge on any atom is -0.348 e. The molecule has 0 saturated heterocycles. The molecule has 1 aromatic rings. The van der Waals surface area contributed by atoms with Crippen LogP contribution in [0.25, 0.3) is 5.57 Å². The Morgan fingerprint density at radius 1 is 1.05 bits per heavy atom. The van der Waals surface area contributed by atoms with E-state index >= 15 is 0 Å². The van der Waals surface area contributed by atoms with Gasteiger partial charge in [0.05, 0.1) is 0 Å². The zero-order valence-corrected chi connectivity index (χ0v) is 18.5. The fourth-order valence-corrected chi connectivity index (χ4v) is 8.20. The predicted molar refractivity (Wildman–Crippen MR) is 107 cm³/mol. The van der Waals surface area contributed by atoms with Crippen LogP contribution in [0.1, 0.15) is 12.0 Å². The third-order valence-electron chi connectivity index (χ3n) is 3.37. The van der Waals surface area contributed by atoms with E-state index in [1.54, 1.807) is 14.2 Å². The van der Waals surface area contributed by atoms with Gasteiger partial charge in [-0.25, -0.2) is 0 Å². The number of hydrogen-bond acceptors (Lipinski definition) is 2. The van der Waals surface area contributed by atoms with Crippen LogP contribution in [0, 0.1) is 0 Å². The molecule has 2 nitrogen and oxygen atoms in total. The highest BCUT2D eigenvalue weighted by Gasteiger charge is 2.57. The number of allylic oxidation sites excluding steroid dienone is 1. The van der Waals surface area contributed by atoms with Crippen molar-refractivity contribution in [3.8, 4) is 0 Å². The number of hydrogen-bond donors (Lipinski definition) is 0. The lowest BCUT2D eigenvalue weighted by molar-refractivity contribution is -0.175. The average molecular weight is 628 g/mol. The van der Waals surface area contributed by atoms with Crippen molar-refractivity contribution in [2.75, 3.05) is 14.2 Å². The van der Waals surface area contributed by atoms with Gasteiger partial charge in [-0.1, -0.05) is 107 Å². The van der Waals surface area contributed by atoms with Gasteiger partial charge in [-0.15, -0.1) is 0 Å². The second kappa shape index (κ2) is 6.43. The Balaban J connectivity index is 2.62. The van der Waals surface area contributed by atoms with Crippen LogP contribution in [0.5, 0.6) is 0 Å². The molecule has 0 heterocycles. The second-order valence-corrected chi connectivity index (χ2v) is 14.1. The molecule has 0 spiro atoms. The van der Waals surface area contributed by atoms with Gasteiger partial charge in [-0.3, -0.25) is 0 Å². The second-order valence-electron chi connectivity index (χ2n) is 4.59. The van der Waals surface area contributed by atoms with E-state index in [1.807, 2.05) is 18.2 Å². The molecule has 0 amide bonds. The molecule has 0 bridgehead atoms. The first-order valence-corrected chi connectivity index (χ1v) is 9.67. The van der Waals surface area contributed by atoms with Crippen molar-refractivity contribution in [2.45, 2.75) is 16.9 Å². The normalized spacial score (nSPS) is 23.2. The van der Waals surface area contributed by atoms with Crippen LogP contribution in [-0.2, 0) is 9.47 Å². The first-order chi connectivity index (χ1) is 9.28. The van der Waals surface area contributed by atoms with Crippen molar-refractivity contribution in [1.82, 2.24) is 0 Å². The molecule has 0 aromatic heterocycles. The largest absolute Gasteiger partial charge is 0.348 e. The maximum absolute atomic E-state index is 5.69. The van der Waals surface area contributed by atoms with Gasteiger partial charge < -0.3 is 9.47 Å². The van der Waals surface area contributed by atoms with E-state index in [0.717, 1.165) is 6.42 Å². The van der Waals surface area contributed by atoms with Crippen LogP contribution in [0.4, 0.5) is 0 Å². The van der Waals surface area contributed by atoms with Crippen LogP contribution >= 0.6 is 77.0 Å². The molecule has 0 radical (unpaired) electrons. The molecule has 1 aliphatic carbocycles. The van der Waals surface area contributed by atoms with Gasteiger partial charge in [0.25, 0.3) is 0 Å². The van der Waals surface area contributed by atoms with Gasteiger partial charge in [0, 0.05) is 20.6 Å². The Hall–Kier alpha value is 1.30. The van der Waals surface area contributed by atoms with Crippen LogP contribution in [0.15, 0.2) is 36.4 Å². The quantitative estimate of drug-likeness (QED) is 0.250. The minimum atomic E-state index is -0.849. The first-order valence-electron chi connectivity index (χ1n) is 5.93. The Labute approximate surface area is 163 Å². The van der Waals surface area contributed by atoms with Crippen molar-refractivity contribution in [3.05, 3.63) is 42.0 Å². The van der Waals surface area contributed by atoms with Crippen molar-refractivity contribution in [2.24, 2.45) is 0 Å². The summed E-state index contributed by atoms with van der Waals surface area (Å²) in [6, 6.07) is 10.3. The maximum Gasteiger partial charge on any atom is 0.213 e. The fraction of sp³-hybridized carbons (Fsp3) is 0.429. The molecule has 110 valence electrons. The van der Waals surface area contributed by atoms with Gasteiger partial charge >= 0.3 is 0 Å². The molecule has 0 aliphatic heterocycles. The van der Waals surface area contributed by atoms with Crippen LogP contribution in [0.3, 0.4) is 0 Å². The molecule has 6 heteroatoms. The number of benzene rings is 1. The zero-order valence-electron chi connectivity index (χ0n) is 11.0. The molecule has 20 heavy (non-hydrogen) atoms. The van der Waals surface area contributed by atoms with Crippen molar-refractivity contribution in [1.29, 1.82) is 0 Å². The van der Waals surface area contributed by atoms with Gasteiger partial charge in [0.1, 0.15) is 4.66 Å². The average Bonchev–Trinajstić information content (AvgIpc) is 2.39. The van der Waals surface area contributed by atoms with Crippen molar-refractivity contribution in [3.63, 3.8) is 0 Å². The number of ether oxygens (including phenoxy) is 2. The van der Waals surface area contributed by atoms with Gasteiger partial charge in [0.2, 0.25) is 5.79 Å². The molecule has 0 atom stereocenters. The number of rotatable bonds is 3. The minimum absolute atomic E-state index is 0.0650. The lowest BCUT2D eigenvalue weighted by atomic mass is 9.89. The summed E-state index contributed by atoms with van der Waals surface area (Å²) in [5, 5.41) is 0. The van der Waals surface area contributed by atoms with Crippen molar-refractivity contribution >= 4 is 82.6 Å². The predicted octanol–water partition coefficient (Wildman–Crippen LogP) is 5.52. The van der Waals surface area contributed by atoms with Crippen molar-refractivity contribution < 1.29 is 9.47 Å². The molecule has 0 saturated carbocycles. The summed E-state index contributed by atoms with van der Waals surface area (Å²) in [5.74, 6) is -0.849. The third-order valence-corrected chi connectivity index (χ3v) is 6.96. The Bertz CT molecular complexity index is 511. The van der Waals surface area contributed by atoms with E-state index in [-0.39, 0.29) is 1.43 Å². The topological polar surface area (TPSA) is 18.5 Å². The molecule has 2 rings (SSSR count). The highest BCUT2D eigenvalue weighted by Crippen LogP contribution is 2.59. The van der Waals surface area contributed by atoms with Crippen LogP contribution < -0.4 is 0 Å². The Morgan fingerprint density at radius 2 is 1.60 bits per heavy atom. The fourth-order valence-electron chi connectivity index (χ4n) is 2.31. The summed E-state index contributed by atoms with van der Waals surface area (Å²) >= 11 is 12.4. The van der Waals surface area contributed by atoms with E-state index in [2.05, 4.69) is 95.3 Å². The molecule has 1 aromatic carbocycles. The number of alkyl halides is 4. The maximum atomic E-state index is 5.69. The van der Waals surface area contributed by atoms with Gasteiger partial charge in [-0.05, 0) is 17.2 Å². The number of methoxy groups -OCH3 is 2. The highest BCUT2D eigenvalue weighted by atomic mass is 127. The molecule has 0 fully saturated rings. The SMILES string of the molecule is COC1(OC)C=C(c2ccccc2)C(I)(I)CC1(Br)Br. The van der Waals surface area contributed by atoms with E-state index < -0.39 is 9.02 Å². The summed E-state index contributed by atoms with van der Waals surface area (Å²) in [5.41, 5.74) is 2.39. The summed E-state index contributed by atoms with van der Waals surface area (Å²) in [7, 11) is 3.32. The van der Waals surface area contributed by atoms with E-state index in [1.165, 1.54) is 11.1 Å². The van der Waals surface area contributed by atoms with E-state index in [9.17, 15) is 0 Å². The van der Waals surface area contributed by atoms with Gasteiger partial charge in [0.15, 0.2) is 0 Å². The smallest absolute Gasteiger partial charge is 0.213 e. The molecular weight excluding hydrogens is 614 g/mol. The first kappa shape index (κ1) is 17.7. The Kier molecular flexibility index (Phi) is 5.67. The molecule has 0 N–H and O–H groups in total. The summed E-state index contributed by atoms with van der Waals surface area (Å²) < 4.78 is 10.8. The number of halogens is 4. The summed E-state index contributed by atoms with van der Waals surface area (Å²) in [6.45, 7) is 0. The summed E-state index contributed by atoms with van der Waals surface area (Å²) in [6.07, 6.45) is 2.87. The van der Waals surface area contributed by atoms with Crippen LogP contribution in [0.2, 0.25) is 0 Å².